The van der Waals surface area contributed by atoms with Crippen LogP contribution in [0.3, 0.4) is 0 Å². The number of rotatable bonds is 4. The van der Waals surface area contributed by atoms with Crippen LogP contribution in [-0.2, 0) is 5.41 Å². The number of nitrogens with one attached hydrogen (secondary N) is 1. The molecule has 10 rings (SSSR count). The summed E-state index contributed by atoms with van der Waals surface area (Å²) in [6.07, 6.45) is -0.259. The maximum Gasteiger partial charge on any atom is 0.159 e. The monoisotopic (exact) mass is 642 g/mol. The molecule has 1 aliphatic carbocycles. The molecule has 1 aromatic heterocycles. The standard InChI is InChI=1S/C46H34N4/c1-46(2)37-24-11-9-23-35(37)41-40-31(19-14-25-38(40)46)28-36-34-22-10-12-26-39(34)50(42(36)41)33-21-13-20-32(27-33)45-48-43(29-15-5-3-6-16-29)47-44(49-45)30-17-7-4-8-18-30/h3-28,43H,1-2H3,(H,47,48,49). The molecule has 1 N–H and O–H groups in total. The van der Waals surface area contributed by atoms with E-state index in [9.17, 15) is 0 Å². The van der Waals surface area contributed by atoms with E-state index in [2.05, 4.69) is 157 Å². The minimum atomic E-state index is -0.259. The molecule has 0 radical (unpaired) electrons. The highest BCUT2D eigenvalue weighted by molar-refractivity contribution is 6.23. The lowest BCUT2D eigenvalue weighted by Crippen LogP contribution is -2.33. The molecule has 0 amide bonds. The first-order chi connectivity index (χ1) is 24.6. The Labute approximate surface area is 291 Å². The second kappa shape index (κ2) is 10.9. The van der Waals surface area contributed by atoms with E-state index >= 15 is 0 Å². The third kappa shape index (κ3) is 4.25. The van der Waals surface area contributed by atoms with Gasteiger partial charge in [-0.1, -0.05) is 147 Å². The summed E-state index contributed by atoms with van der Waals surface area (Å²) >= 11 is 0. The van der Waals surface area contributed by atoms with Crippen LogP contribution in [0.5, 0.6) is 0 Å². The third-order valence-corrected chi connectivity index (χ3v) is 10.6. The Balaban J connectivity index is 1.25. The summed E-state index contributed by atoms with van der Waals surface area (Å²) in [6, 6.07) is 56.5. The van der Waals surface area contributed by atoms with Crippen molar-refractivity contribution in [3.05, 3.63) is 186 Å². The number of fused-ring (bicyclic) bond motifs is 6. The average molecular weight is 643 g/mol. The van der Waals surface area contributed by atoms with Crippen molar-refractivity contribution in [2.24, 2.45) is 9.98 Å². The first-order valence-corrected chi connectivity index (χ1v) is 17.3. The van der Waals surface area contributed by atoms with Gasteiger partial charge in [-0.05, 0) is 57.3 Å². The highest BCUT2D eigenvalue weighted by Crippen LogP contribution is 2.52. The summed E-state index contributed by atoms with van der Waals surface area (Å²) in [5.74, 6) is 1.52. The van der Waals surface area contributed by atoms with Gasteiger partial charge in [0.1, 0.15) is 12.0 Å². The van der Waals surface area contributed by atoms with E-state index in [1.165, 1.54) is 54.8 Å². The number of amidine groups is 2. The molecule has 1 unspecified atom stereocenters. The maximum atomic E-state index is 5.19. The number of aliphatic imine (C=N–C) groups is 2. The van der Waals surface area contributed by atoms with Crippen molar-refractivity contribution in [3.63, 3.8) is 0 Å². The number of hydrogen-bond acceptors (Lipinski definition) is 3. The van der Waals surface area contributed by atoms with Gasteiger partial charge in [-0.25, -0.2) is 9.98 Å². The lowest BCUT2D eigenvalue weighted by Gasteiger charge is -2.35. The van der Waals surface area contributed by atoms with Crippen LogP contribution in [0.25, 0.3) is 49.4 Å². The average Bonchev–Trinajstić information content (AvgIpc) is 3.51. The minimum Gasteiger partial charge on any atom is -0.344 e. The molecule has 4 heteroatoms. The van der Waals surface area contributed by atoms with Crippen LogP contribution in [-0.4, -0.2) is 16.2 Å². The number of nitrogens with zero attached hydrogens (tertiary/aromatic N) is 3. The van der Waals surface area contributed by atoms with Crippen molar-refractivity contribution in [2.45, 2.75) is 25.4 Å². The maximum absolute atomic E-state index is 5.19. The van der Waals surface area contributed by atoms with Crippen molar-refractivity contribution < 1.29 is 0 Å². The molecule has 1 atom stereocenters. The Hall–Kier alpha value is -6.26. The van der Waals surface area contributed by atoms with E-state index in [0.29, 0.717) is 5.84 Å². The molecule has 8 aromatic rings. The fourth-order valence-corrected chi connectivity index (χ4v) is 8.25. The zero-order chi connectivity index (χ0) is 33.4. The van der Waals surface area contributed by atoms with Crippen molar-refractivity contribution in [1.29, 1.82) is 0 Å². The summed E-state index contributed by atoms with van der Waals surface area (Å²) in [4.78, 5) is 10.3. The van der Waals surface area contributed by atoms with E-state index in [4.69, 9.17) is 9.98 Å². The van der Waals surface area contributed by atoms with E-state index in [0.717, 1.165) is 28.2 Å². The van der Waals surface area contributed by atoms with Gasteiger partial charge in [0, 0.05) is 38.6 Å². The summed E-state index contributed by atoms with van der Waals surface area (Å²) < 4.78 is 2.47. The van der Waals surface area contributed by atoms with Crippen LogP contribution in [0, 0.1) is 0 Å². The van der Waals surface area contributed by atoms with E-state index < -0.39 is 0 Å². The van der Waals surface area contributed by atoms with Gasteiger partial charge in [0.05, 0.1) is 11.0 Å². The molecular weight excluding hydrogens is 609 g/mol. The first-order valence-electron chi connectivity index (χ1n) is 17.3. The van der Waals surface area contributed by atoms with Gasteiger partial charge in [0.25, 0.3) is 0 Å². The fraction of sp³-hybridized carbons (Fsp3) is 0.0870. The smallest absolute Gasteiger partial charge is 0.159 e. The Kier molecular flexibility index (Phi) is 6.25. The summed E-state index contributed by atoms with van der Waals surface area (Å²) in [5.41, 5.74) is 11.8. The quantitative estimate of drug-likeness (QED) is 0.204. The van der Waals surface area contributed by atoms with E-state index in [-0.39, 0.29) is 11.6 Å². The van der Waals surface area contributed by atoms with Gasteiger partial charge < -0.3 is 9.88 Å². The van der Waals surface area contributed by atoms with Gasteiger partial charge in [-0.3, -0.25) is 0 Å². The number of benzene rings is 7. The highest BCUT2D eigenvalue weighted by Gasteiger charge is 2.35. The predicted octanol–water partition coefficient (Wildman–Crippen LogP) is 10.7. The van der Waals surface area contributed by atoms with Crippen LogP contribution < -0.4 is 5.32 Å². The summed E-state index contributed by atoms with van der Waals surface area (Å²) in [6.45, 7) is 4.72. The molecule has 0 bridgehead atoms. The van der Waals surface area contributed by atoms with Crippen molar-refractivity contribution >= 4 is 44.2 Å². The Morgan fingerprint density at radius 3 is 2.18 bits per heavy atom. The second-order valence-electron chi connectivity index (χ2n) is 13.9. The molecule has 0 fully saturated rings. The first kappa shape index (κ1) is 28.7. The number of hydrogen-bond donors (Lipinski definition) is 1. The molecule has 2 heterocycles. The van der Waals surface area contributed by atoms with Gasteiger partial charge in [-0.2, -0.15) is 0 Å². The molecule has 2 aliphatic rings. The highest BCUT2D eigenvalue weighted by atomic mass is 15.2. The largest absolute Gasteiger partial charge is 0.344 e. The van der Waals surface area contributed by atoms with Crippen LogP contribution in [0.1, 0.15) is 47.8 Å². The summed E-state index contributed by atoms with van der Waals surface area (Å²) in [7, 11) is 0. The third-order valence-electron chi connectivity index (χ3n) is 10.6. The number of aromatic nitrogens is 1. The van der Waals surface area contributed by atoms with Gasteiger partial charge >= 0.3 is 0 Å². The van der Waals surface area contributed by atoms with Crippen molar-refractivity contribution in [2.75, 3.05) is 0 Å². The molecule has 1 aliphatic heterocycles. The summed E-state index contributed by atoms with van der Waals surface area (Å²) in [5, 5.41) is 8.72. The van der Waals surface area contributed by atoms with Crippen LogP contribution >= 0.6 is 0 Å². The van der Waals surface area contributed by atoms with Gasteiger partial charge in [-0.15, -0.1) is 0 Å². The lowest BCUT2D eigenvalue weighted by atomic mass is 9.68. The normalized spacial score (nSPS) is 16.2. The van der Waals surface area contributed by atoms with Gasteiger partial charge in [0.15, 0.2) is 5.84 Å². The fourth-order valence-electron chi connectivity index (χ4n) is 8.25. The molecular formula is C46H34N4. The van der Waals surface area contributed by atoms with E-state index in [1.54, 1.807) is 0 Å². The Morgan fingerprint density at radius 2 is 1.32 bits per heavy atom. The van der Waals surface area contributed by atoms with Crippen molar-refractivity contribution in [1.82, 2.24) is 9.88 Å². The zero-order valence-corrected chi connectivity index (χ0v) is 27.9. The molecule has 0 spiro atoms. The second-order valence-corrected chi connectivity index (χ2v) is 13.9. The number of para-hydroxylation sites is 1. The SMILES string of the molecule is CC1(C)c2ccccc2-c2c3c1cccc3cc1c3ccccc3n(-c3cccc(C4=NC(c5ccccc5)NC(c5ccccc5)=N4)c3)c21. The Morgan fingerprint density at radius 1 is 0.620 bits per heavy atom. The van der Waals surface area contributed by atoms with Crippen LogP contribution in [0.4, 0.5) is 0 Å². The molecule has 0 saturated carbocycles. The molecule has 7 aromatic carbocycles. The van der Waals surface area contributed by atoms with E-state index in [1.807, 2.05) is 24.3 Å². The molecule has 238 valence electrons. The zero-order valence-electron chi connectivity index (χ0n) is 27.9. The predicted molar refractivity (Wildman–Crippen MR) is 208 cm³/mol. The van der Waals surface area contributed by atoms with Crippen LogP contribution in [0.15, 0.2) is 168 Å². The molecule has 4 nitrogen and oxygen atoms in total. The molecule has 0 saturated heterocycles. The van der Waals surface area contributed by atoms with Crippen molar-refractivity contribution in [3.8, 4) is 16.8 Å². The van der Waals surface area contributed by atoms with Gasteiger partial charge in [0.2, 0.25) is 0 Å². The minimum absolute atomic E-state index is 0.121. The topological polar surface area (TPSA) is 41.7 Å². The molecule has 50 heavy (non-hydrogen) atoms. The van der Waals surface area contributed by atoms with Crippen LogP contribution in [0.2, 0.25) is 0 Å². The Bertz CT molecular complexity index is 2700. The lowest BCUT2D eigenvalue weighted by molar-refractivity contribution is 0.645.